The number of aromatic nitrogens is 2. The molecule has 150 valence electrons. The van der Waals surface area contributed by atoms with Crippen molar-refractivity contribution in [3.63, 3.8) is 0 Å². The van der Waals surface area contributed by atoms with Gasteiger partial charge in [-0.05, 0) is 49.7 Å². The van der Waals surface area contributed by atoms with Crippen molar-refractivity contribution in [2.45, 2.75) is 30.4 Å². The highest BCUT2D eigenvalue weighted by Gasteiger charge is 2.21. The third-order valence-electron chi connectivity index (χ3n) is 4.40. The van der Waals surface area contributed by atoms with Crippen LogP contribution < -0.4 is 14.8 Å². The average molecular weight is 415 g/mol. The van der Waals surface area contributed by atoms with Crippen LogP contribution in [-0.4, -0.2) is 28.1 Å². The number of ether oxygens (including phenoxy) is 2. The van der Waals surface area contributed by atoms with E-state index in [1.807, 2.05) is 6.92 Å². The molecule has 1 aliphatic heterocycles. The van der Waals surface area contributed by atoms with Crippen LogP contribution in [0.4, 0.5) is 4.39 Å². The number of halogens is 1. The predicted octanol–water partition coefficient (Wildman–Crippen LogP) is 3.96. The van der Waals surface area contributed by atoms with Crippen molar-refractivity contribution in [2.24, 2.45) is 0 Å². The number of rotatable bonds is 6. The highest BCUT2D eigenvalue weighted by Crippen LogP contribution is 2.36. The summed E-state index contributed by atoms with van der Waals surface area (Å²) in [5.41, 5.74) is 1.52. The summed E-state index contributed by atoms with van der Waals surface area (Å²) < 4.78 is 29.4. The van der Waals surface area contributed by atoms with E-state index in [0.29, 0.717) is 23.0 Å². The summed E-state index contributed by atoms with van der Waals surface area (Å²) in [5.74, 6) is 1.12. The number of hydrogen-bond donors (Lipinski definition) is 1. The lowest BCUT2D eigenvalue weighted by molar-refractivity contribution is -0.120. The van der Waals surface area contributed by atoms with Crippen molar-refractivity contribution in [3.8, 4) is 23.0 Å². The van der Waals surface area contributed by atoms with Gasteiger partial charge in [0, 0.05) is 5.56 Å². The maximum atomic E-state index is 13.0. The first-order valence-corrected chi connectivity index (χ1v) is 9.83. The van der Waals surface area contributed by atoms with E-state index in [1.54, 1.807) is 37.3 Å². The molecule has 29 heavy (non-hydrogen) atoms. The molecule has 2 heterocycles. The Hall–Kier alpha value is -3.07. The fourth-order valence-corrected chi connectivity index (χ4v) is 3.47. The molecule has 0 spiro atoms. The zero-order valence-electron chi connectivity index (χ0n) is 15.7. The smallest absolute Gasteiger partial charge is 0.277 e. The molecule has 1 aliphatic rings. The molecule has 4 rings (SSSR count). The first kappa shape index (κ1) is 19.3. The second kappa shape index (κ2) is 8.12. The lowest BCUT2D eigenvalue weighted by atomic mass is 10.1. The molecule has 3 aromatic rings. The average Bonchev–Trinajstić information content (AvgIpc) is 3.37. The van der Waals surface area contributed by atoms with Gasteiger partial charge in [-0.15, -0.1) is 10.2 Å². The van der Waals surface area contributed by atoms with Gasteiger partial charge in [-0.3, -0.25) is 4.79 Å². The van der Waals surface area contributed by atoms with Crippen LogP contribution in [0.25, 0.3) is 11.5 Å². The standard InChI is InChI=1S/C20H18FN3O4S/c1-11(13-3-6-15(21)7-4-13)22-18(25)12(2)29-20-24-23-19(28-20)14-5-8-16-17(9-14)27-10-26-16/h3-9,11-12H,10H2,1-2H3,(H,22,25)/t11-,12+/m1/s1. The summed E-state index contributed by atoms with van der Waals surface area (Å²) in [7, 11) is 0. The van der Waals surface area contributed by atoms with Crippen molar-refractivity contribution in [1.29, 1.82) is 0 Å². The molecule has 2 aromatic carbocycles. The Balaban J connectivity index is 1.37. The van der Waals surface area contributed by atoms with E-state index in [2.05, 4.69) is 15.5 Å². The largest absolute Gasteiger partial charge is 0.454 e. The summed E-state index contributed by atoms with van der Waals surface area (Å²) in [6, 6.07) is 11.1. The predicted molar refractivity (Wildman–Crippen MR) is 104 cm³/mol. The highest BCUT2D eigenvalue weighted by atomic mass is 32.2. The minimum absolute atomic E-state index is 0.186. The van der Waals surface area contributed by atoms with Crippen LogP contribution in [0.3, 0.4) is 0 Å². The van der Waals surface area contributed by atoms with Crippen LogP contribution >= 0.6 is 11.8 Å². The lowest BCUT2D eigenvalue weighted by Gasteiger charge is -2.16. The third-order valence-corrected chi connectivity index (χ3v) is 5.34. The first-order valence-electron chi connectivity index (χ1n) is 8.95. The Morgan fingerprint density at radius 3 is 2.66 bits per heavy atom. The van der Waals surface area contributed by atoms with Gasteiger partial charge in [-0.25, -0.2) is 4.39 Å². The SMILES string of the molecule is C[C@H](Sc1nnc(-c2ccc3c(c2)OCO3)o1)C(=O)N[C@H](C)c1ccc(F)cc1. The minimum atomic E-state index is -0.456. The number of nitrogens with zero attached hydrogens (tertiary/aromatic N) is 2. The van der Waals surface area contributed by atoms with Gasteiger partial charge in [0.25, 0.3) is 5.22 Å². The van der Waals surface area contributed by atoms with E-state index < -0.39 is 5.25 Å². The van der Waals surface area contributed by atoms with E-state index in [4.69, 9.17) is 13.9 Å². The molecule has 0 radical (unpaired) electrons. The van der Waals surface area contributed by atoms with Crippen LogP contribution in [0.1, 0.15) is 25.5 Å². The fraction of sp³-hybridized carbons (Fsp3) is 0.250. The number of fused-ring (bicyclic) bond motifs is 1. The molecule has 2 atom stereocenters. The second-order valence-electron chi connectivity index (χ2n) is 6.48. The number of benzene rings is 2. The zero-order valence-corrected chi connectivity index (χ0v) is 16.5. The normalized spacial score (nSPS) is 14.4. The van der Waals surface area contributed by atoms with Gasteiger partial charge >= 0.3 is 0 Å². The Morgan fingerprint density at radius 2 is 1.86 bits per heavy atom. The lowest BCUT2D eigenvalue weighted by Crippen LogP contribution is -2.33. The van der Waals surface area contributed by atoms with E-state index in [1.165, 1.54) is 12.1 Å². The van der Waals surface area contributed by atoms with E-state index in [9.17, 15) is 9.18 Å². The monoisotopic (exact) mass is 415 g/mol. The summed E-state index contributed by atoms with van der Waals surface area (Å²) >= 11 is 1.16. The maximum absolute atomic E-state index is 13.0. The zero-order chi connectivity index (χ0) is 20.4. The number of nitrogens with one attached hydrogen (secondary N) is 1. The van der Waals surface area contributed by atoms with Crippen LogP contribution in [0.5, 0.6) is 11.5 Å². The maximum Gasteiger partial charge on any atom is 0.277 e. The van der Waals surface area contributed by atoms with Crippen molar-refractivity contribution in [1.82, 2.24) is 15.5 Å². The highest BCUT2D eigenvalue weighted by molar-refractivity contribution is 8.00. The van der Waals surface area contributed by atoms with Crippen LogP contribution in [0.2, 0.25) is 0 Å². The number of thioether (sulfide) groups is 1. The van der Waals surface area contributed by atoms with E-state index in [-0.39, 0.29) is 29.8 Å². The molecule has 0 fully saturated rings. The molecule has 0 bridgehead atoms. The van der Waals surface area contributed by atoms with Crippen molar-refractivity contribution < 1.29 is 23.1 Å². The molecule has 0 saturated heterocycles. The Labute approximate surface area is 170 Å². The first-order chi connectivity index (χ1) is 14.0. The summed E-state index contributed by atoms with van der Waals surface area (Å²) in [6.45, 7) is 3.78. The van der Waals surface area contributed by atoms with Gasteiger partial charge in [0.15, 0.2) is 11.5 Å². The quantitative estimate of drug-likeness (QED) is 0.610. The third kappa shape index (κ3) is 4.34. The Morgan fingerprint density at radius 1 is 1.10 bits per heavy atom. The van der Waals surface area contributed by atoms with Gasteiger partial charge in [0.2, 0.25) is 18.6 Å². The van der Waals surface area contributed by atoms with Crippen LogP contribution in [0.15, 0.2) is 52.1 Å². The van der Waals surface area contributed by atoms with Crippen LogP contribution in [0, 0.1) is 5.82 Å². The van der Waals surface area contributed by atoms with E-state index >= 15 is 0 Å². The number of carbonyl (C=O) groups excluding carboxylic acids is 1. The summed E-state index contributed by atoms with van der Waals surface area (Å²) in [4.78, 5) is 12.5. The van der Waals surface area contributed by atoms with Gasteiger partial charge in [0.1, 0.15) is 5.82 Å². The van der Waals surface area contributed by atoms with Crippen molar-refractivity contribution in [2.75, 3.05) is 6.79 Å². The topological polar surface area (TPSA) is 86.5 Å². The van der Waals surface area contributed by atoms with Crippen molar-refractivity contribution in [3.05, 3.63) is 53.8 Å². The molecular formula is C20H18FN3O4S. The minimum Gasteiger partial charge on any atom is -0.454 e. The van der Waals surface area contributed by atoms with Crippen molar-refractivity contribution >= 4 is 17.7 Å². The van der Waals surface area contributed by atoms with Gasteiger partial charge in [0.05, 0.1) is 11.3 Å². The molecule has 0 aliphatic carbocycles. The van der Waals surface area contributed by atoms with Gasteiger partial charge in [-0.2, -0.15) is 0 Å². The fourth-order valence-electron chi connectivity index (χ4n) is 2.77. The van der Waals surface area contributed by atoms with Gasteiger partial charge in [-0.1, -0.05) is 23.9 Å². The molecule has 9 heteroatoms. The molecular weight excluding hydrogens is 397 g/mol. The van der Waals surface area contributed by atoms with Gasteiger partial charge < -0.3 is 19.2 Å². The molecule has 0 unspecified atom stereocenters. The number of carbonyl (C=O) groups is 1. The Kier molecular flexibility index (Phi) is 5.39. The molecule has 1 aromatic heterocycles. The number of amides is 1. The molecule has 1 N–H and O–H groups in total. The number of hydrogen-bond acceptors (Lipinski definition) is 7. The molecule has 7 nitrogen and oxygen atoms in total. The Bertz CT molecular complexity index is 1020. The second-order valence-corrected chi connectivity index (χ2v) is 7.78. The van der Waals surface area contributed by atoms with Crippen LogP contribution in [-0.2, 0) is 4.79 Å². The van der Waals surface area contributed by atoms with E-state index in [0.717, 1.165) is 17.3 Å². The summed E-state index contributed by atoms with van der Waals surface area (Å²) in [5, 5.41) is 10.8. The molecule has 1 amide bonds. The molecule has 0 saturated carbocycles. The summed E-state index contributed by atoms with van der Waals surface area (Å²) in [6.07, 6.45) is 0.